The Hall–Kier alpha value is -2.74. The Bertz CT molecular complexity index is 665. The number of ether oxygens (including phenoxy) is 1. The summed E-state index contributed by atoms with van der Waals surface area (Å²) >= 11 is 0. The van der Waals surface area contributed by atoms with Crippen molar-refractivity contribution < 1.29 is 28.1 Å². The topological polar surface area (TPSA) is 85.5 Å². The van der Waals surface area contributed by atoms with Gasteiger partial charge in [0, 0.05) is 12.6 Å². The molecule has 2 aromatic rings. The monoisotopic (exact) mass is 324 g/mol. The lowest BCUT2D eigenvalue weighted by molar-refractivity contribution is -0.605. The normalized spacial score (nSPS) is 12.0. The molecule has 1 heterocycles. The molecule has 122 valence electrons. The highest BCUT2D eigenvalue weighted by atomic mass is 19.3. The minimum absolute atomic E-state index is 0.0238. The average Bonchev–Trinajstić information content (AvgIpc) is 2.52. The van der Waals surface area contributed by atoms with Crippen LogP contribution in [0.3, 0.4) is 0 Å². The first-order valence-corrected chi connectivity index (χ1v) is 6.65. The standard InChI is InChI=1S/C15H14F2N2O4/c16-15(17)23-12-5-3-10(4-6-12)13(20)8-18-14(21)11-2-1-7-19(22)9-11/h1-7,9,13,15,20H,8H2,(H,18,21). The zero-order chi connectivity index (χ0) is 16.8. The largest absolute Gasteiger partial charge is 0.619 e. The van der Waals surface area contributed by atoms with Gasteiger partial charge in [0.2, 0.25) is 0 Å². The number of amides is 1. The predicted molar refractivity (Wildman–Crippen MR) is 75.8 cm³/mol. The van der Waals surface area contributed by atoms with Crippen molar-refractivity contribution in [2.24, 2.45) is 0 Å². The number of hydrogen-bond donors (Lipinski definition) is 2. The molecule has 1 atom stereocenters. The fraction of sp³-hybridized carbons (Fsp3) is 0.200. The number of alkyl halides is 2. The lowest BCUT2D eigenvalue weighted by Crippen LogP contribution is -2.32. The summed E-state index contributed by atoms with van der Waals surface area (Å²) in [5, 5.41) is 23.5. The number of aromatic nitrogens is 1. The summed E-state index contributed by atoms with van der Waals surface area (Å²) in [6, 6.07) is 8.33. The Morgan fingerprint density at radius 3 is 2.61 bits per heavy atom. The van der Waals surface area contributed by atoms with Crippen molar-refractivity contribution in [3.8, 4) is 5.75 Å². The van der Waals surface area contributed by atoms with E-state index in [2.05, 4.69) is 10.1 Å². The molecule has 0 radical (unpaired) electrons. The highest BCUT2D eigenvalue weighted by Crippen LogP contribution is 2.19. The third kappa shape index (κ3) is 4.89. The molecule has 0 spiro atoms. The summed E-state index contributed by atoms with van der Waals surface area (Å²) in [7, 11) is 0. The molecular formula is C15H14F2N2O4. The highest BCUT2D eigenvalue weighted by Gasteiger charge is 2.13. The molecule has 6 nitrogen and oxygen atoms in total. The van der Waals surface area contributed by atoms with Crippen LogP contribution in [0.5, 0.6) is 5.75 Å². The molecule has 2 rings (SSSR count). The fourth-order valence-electron chi connectivity index (χ4n) is 1.87. The zero-order valence-corrected chi connectivity index (χ0v) is 11.9. The molecule has 0 saturated carbocycles. The van der Waals surface area contributed by atoms with Crippen molar-refractivity contribution in [3.05, 3.63) is 65.1 Å². The summed E-state index contributed by atoms with van der Waals surface area (Å²) in [6.45, 7) is -3.01. The van der Waals surface area contributed by atoms with Gasteiger partial charge in [-0.25, -0.2) is 0 Å². The smallest absolute Gasteiger partial charge is 0.387 e. The summed E-state index contributed by atoms with van der Waals surface area (Å²) < 4.78 is 28.8. The van der Waals surface area contributed by atoms with E-state index >= 15 is 0 Å². The number of pyridine rings is 1. The molecule has 0 fully saturated rings. The Morgan fingerprint density at radius 1 is 1.30 bits per heavy atom. The van der Waals surface area contributed by atoms with Crippen molar-refractivity contribution in [1.29, 1.82) is 0 Å². The predicted octanol–water partition coefficient (Wildman–Crippen LogP) is 1.38. The Kier molecular flexibility index (Phi) is 5.42. The first-order chi connectivity index (χ1) is 11.0. The number of hydrogen-bond acceptors (Lipinski definition) is 4. The second-order valence-electron chi connectivity index (χ2n) is 4.63. The van der Waals surface area contributed by atoms with E-state index < -0.39 is 18.6 Å². The summed E-state index contributed by atoms with van der Waals surface area (Å²) in [6.07, 6.45) is 1.33. The van der Waals surface area contributed by atoms with Gasteiger partial charge in [0.15, 0.2) is 12.4 Å². The maximum absolute atomic E-state index is 12.0. The third-order valence-corrected chi connectivity index (χ3v) is 2.98. The van der Waals surface area contributed by atoms with Gasteiger partial charge in [0.1, 0.15) is 11.3 Å². The van der Waals surface area contributed by atoms with Crippen LogP contribution in [-0.4, -0.2) is 24.2 Å². The zero-order valence-electron chi connectivity index (χ0n) is 11.9. The van der Waals surface area contributed by atoms with Gasteiger partial charge in [-0.05, 0) is 23.8 Å². The molecule has 2 N–H and O–H groups in total. The minimum atomic E-state index is -2.92. The number of nitrogens with zero attached hydrogens (tertiary/aromatic N) is 1. The van der Waals surface area contributed by atoms with Gasteiger partial charge in [-0.1, -0.05) is 12.1 Å². The Morgan fingerprint density at radius 2 is 2.00 bits per heavy atom. The number of nitrogens with one attached hydrogen (secondary N) is 1. The van der Waals surface area contributed by atoms with Crippen LogP contribution in [-0.2, 0) is 0 Å². The van der Waals surface area contributed by atoms with Gasteiger partial charge >= 0.3 is 6.61 Å². The van der Waals surface area contributed by atoms with E-state index in [1.54, 1.807) is 0 Å². The van der Waals surface area contributed by atoms with Crippen molar-refractivity contribution >= 4 is 5.91 Å². The number of halogens is 2. The molecule has 0 aliphatic heterocycles. The van der Waals surface area contributed by atoms with Gasteiger partial charge in [0.25, 0.3) is 5.91 Å². The third-order valence-electron chi connectivity index (χ3n) is 2.98. The van der Waals surface area contributed by atoms with Gasteiger partial charge < -0.3 is 20.4 Å². The van der Waals surface area contributed by atoms with E-state index in [1.807, 2.05) is 0 Å². The van der Waals surface area contributed by atoms with Gasteiger partial charge in [0.05, 0.1) is 6.10 Å². The van der Waals surface area contributed by atoms with Gasteiger partial charge in [-0.2, -0.15) is 13.5 Å². The van der Waals surface area contributed by atoms with E-state index in [9.17, 15) is 23.9 Å². The van der Waals surface area contributed by atoms with Crippen LogP contribution in [0.4, 0.5) is 8.78 Å². The second kappa shape index (κ2) is 7.50. The molecule has 8 heteroatoms. The molecule has 1 amide bonds. The average molecular weight is 324 g/mol. The number of rotatable bonds is 6. The molecule has 1 aromatic heterocycles. The fourth-order valence-corrected chi connectivity index (χ4v) is 1.87. The highest BCUT2D eigenvalue weighted by molar-refractivity contribution is 5.93. The lowest BCUT2D eigenvalue weighted by Gasteiger charge is -2.13. The van der Waals surface area contributed by atoms with Gasteiger partial charge in [-0.3, -0.25) is 4.79 Å². The number of benzene rings is 1. The van der Waals surface area contributed by atoms with Crippen LogP contribution in [0.2, 0.25) is 0 Å². The molecule has 0 aliphatic carbocycles. The van der Waals surface area contributed by atoms with Crippen LogP contribution in [0.25, 0.3) is 0 Å². The van der Waals surface area contributed by atoms with Gasteiger partial charge in [-0.15, -0.1) is 0 Å². The quantitative estimate of drug-likeness (QED) is 0.621. The molecular weight excluding hydrogens is 310 g/mol. The molecule has 0 saturated heterocycles. The van der Waals surface area contributed by atoms with E-state index in [-0.39, 0.29) is 17.9 Å². The van der Waals surface area contributed by atoms with Crippen LogP contribution in [0.1, 0.15) is 22.0 Å². The second-order valence-corrected chi connectivity index (χ2v) is 4.63. The van der Waals surface area contributed by atoms with Crippen LogP contribution < -0.4 is 14.8 Å². The number of carbonyl (C=O) groups is 1. The number of aliphatic hydroxyl groups is 1. The SMILES string of the molecule is O=C(NCC(O)c1ccc(OC(F)F)cc1)c1ccc[n+]([O-])c1. The molecule has 23 heavy (non-hydrogen) atoms. The van der Waals surface area contributed by atoms with Crippen LogP contribution >= 0.6 is 0 Å². The van der Waals surface area contributed by atoms with Crippen molar-refractivity contribution in [1.82, 2.24) is 5.32 Å². The first kappa shape index (κ1) is 16.6. The minimum Gasteiger partial charge on any atom is -0.619 e. The Balaban J connectivity index is 1.91. The Labute approximate surface area is 130 Å². The maximum Gasteiger partial charge on any atom is 0.387 e. The number of carbonyl (C=O) groups excluding carboxylic acids is 1. The summed E-state index contributed by atoms with van der Waals surface area (Å²) in [4.78, 5) is 11.8. The van der Waals surface area contributed by atoms with E-state index in [1.165, 1.54) is 42.6 Å². The molecule has 0 bridgehead atoms. The van der Waals surface area contributed by atoms with Crippen molar-refractivity contribution in [2.45, 2.75) is 12.7 Å². The summed E-state index contributed by atoms with van der Waals surface area (Å²) in [5.74, 6) is -0.531. The lowest BCUT2D eigenvalue weighted by atomic mass is 10.1. The molecule has 0 aliphatic rings. The van der Waals surface area contributed by atoms with Crippen LogP contribution in [0, 0.1) is 5.21 Å². The van der Waals surface area contributed by atoms with E-state index in [0.29, 0.717) is 10.3 Å². The van der Waals surface area contributed by atoms with Crippen LogP contribution in [0.15, 0.2) is 48.8 Å². The van der Waals surface area contributed by atoms with Crippen molar-refractivity contribution in [2.75, 3.05) is 6.54 Å². The van der Waals surface area contributed by atoms with Crippen molar-refractivity contribution in [3.63, 3.8) is 0 Å². The van der Waals surface area contributed by atoms with E-state index in [0.717, 1.165) is 6.20 Å². The maximum atomic E-state index is 12.0. The summed E-state index contributed by atoms with van der Waals surface area (Å²) in [5.41, 5.74) is 0.592. The van der Waals surface area contributed by atoms with E-state index in [4.69, 9.17) is 0 Å². The first-order valence-electron chi connectivity index (χ1n) is 6.65. The number of aliphatic hydroxyl groups excluding tert-OH is 1. The molecule has 1 unspecified atom stereocenters. The molecule has 1 aromatic carbocycles.